The normalized spacial score (nSPS) is 9.29. The molecule has 0 radical (unpaired) electrons. The molecule has 0 aliphatic rings. The van der Waals surface area contributed by atoms with E-state index in [1.165, 1.54) is 24.3 Å². The number of rotatable bonds is 2. The van der Waals surface area contributed by atoms with E-state index in [-0.39, 0.29) is 11.5 Å². The molecule has 0 aliphatic carbocycles. The SMILES string of the molecule is O=C(Cl)Oc1cccc(OC(=O)Cl)c1. The van der Waals surface area contributed by atoms with Crippen molar-refractivity contribution >= 4 is 34.1 Å². The van der Waals surface area contributed by atoms with Gasteiger partial charge in [0.1, 0.15) is 11.5 Å². The van der Waals surface area contributed by atoms with Gasteiger partial charge in [-0.2, -0.15) is 0 Å². The molecule has 0 saturated carbocycles. The minimum absolute atomic E-state index is 0.167. The first-order valence-electron chi connectivity index (χ1n) is 3.42. The lowest BCUT2D eigenvalue weighted by Crippen LogP contribution is -1.98. The molecular weight excluding hydrogens is 231 g/mol. The van der Waals surface area contributed by atoms with Crippen LogP contribution in [0.2, 0.25) is 0 Å². The second kappa shape index (κ2) is 4.83. The zero-order valence-corrected chi connectivity index (χ0v) is 8.21. The van der Waals surface area contributed by atoms with E-state index < -0.39 is 10.9 Å². The van der Waals surface area contributed by atoms with Crippen LogP contribution in [-0.4, -0.2) is 10.9 Å². The van der Waals surface area contributed by atoms with Gasteiger partial charge in [0.05, 0.1) is 0 Å². The average Bonchev–Trinajstić information content (AvgIpc) is 2.01. The van der Waals surface area contributed by atoms with Crippen molar-refractivity contribution < 1.29 is 19.1 Å². The molecule has 0 fully saturated rings. The van der Waals surface area contributed by atoms with E-state index >= 15 is 0 Å². The molecule has 0 bridgehead atoms. The maximum absolute atomic E-state index is 10.4. The first-order valence-corrected chi connectivity index (χ1v) is 4.18. The molecule has 1 aromatic carbocycles. The number of ether oxygens (including phenoxy) is 2. The molecule has 74 valence electrons. The lowest BCUT2D eigenvalue weighted by molar-refractivity contribution is 0.224. The summed E-state index contributed by atoms with van der Waals surface area (Å²) in [7, 11) is 0. The van der Waals surface area contributed by atoms with Crippen molar-refractivity contribution in [3.8, 4) is 11.5 Å². The summed E-state index contributed by atoms with van der Waals surface area (Å²) in [5.41, 5.74) is -1.95. The van der Waals surface area contributed by atoms with Crippen molar-refractivity contribution in [3.05, 3.63) is 24.3 Å². The first kappa shape index (κ1) is 10.8. The second-order valence-corrected chi connectivity index (χ2v) is 2.77. The Kier molecular flexibility index (Phi) is 3.73. The van der Waals surface area contributed by atoms with Crippen molar-refractivity contribution in [1.82, 2.24) is 0 Å². The molecule has 0 aliphatic heterocycles. The van der Waals surface area contributed by atoms with Crippen LogP contribution >= 0.6 is 23.2 Å². The number of halogens is 2. The van der Waals surface area contributed by atoms with Gasteiger partial charge in [-0.3, -0.25) is 0 Å². The minimum Gasteiger partial charge on any atom is -0.414 e. The summed E-state index contributed by atoms with van der Waals surface area (Å²) in [6.07, 6.45) is 0. The van der Waals surface area contributed by atoms with Gasteiger partial charge in [-0.15, -0.1) is 0 Å². The summed E-state index contributed by atoms with van der Waals surface area (Å²) < 4.78 is 9.06. The molecule has 0 saturated heterocycles. The molecule has 14 heavy (non-hydrogen) atoms. The third-order valence-electron chi connectivity index (χ3n) is 1.20. The van der Waals surface area contributed by atoms with Gasteiger partial charge in [0.2, 0.25) is 0 Å². The number of hydrogen-bond donors (Lipinski definition) is 0. The topological polar surface area (TPSA) is 52.6 Å². The fourth-order valence-electron chi connectivity index (χ4n) is 0.787. The molecule has 0 aromatic heterocycles. The zero-order valence-electron chi connectivity index (χ0n) is 6.70. The van der Waals surface area contributed by atoms with E-state index in [1.807, 2.05) is 0 Å². The predicted octanol–water partition coefficient (Wildman–Crippen LogP) is 3.16. The van der Waals surface area contributed by atoms with Crippen LogP contribution in [0.4, 0.5) is 9.59 Å². The Morgan fingerprint density at radius 1 is 1.00 bits per heavy atom. The number of benzene rings is 1. The summed E-state index contributed by atoms with van der Waals surface area (Å²) in [6.45, 7) is 0. The lowest BCUT2D eigenvalue weighted by Gasteiger charge is -2.02. The molecule has 4 nitrogen and oxygen atoms in total. The van der Waals surface area contributed by atoms with Crippen LogP contribution in [0, 0.1) is 0 Å². The fourth-order valence-corrected chi connectivity index (χ4v) is 0.965. The van der Waals surface area contributed by atoms with E-state index in [0.717, 1.165) is 0 Å². The Morgan fingerprint density at radius 3 is 1.79 bits per heavy atom. The monoisotopic (exact) mass is 234 g/mol. The van der Waals surface area contributed by atoms with Crippen molar-refractivity contribution in [2.24, 2.45) is 0 Å². The number of carbonyl (C=O) groups excluding carboxylic acids is 2. The molecule has 0 spiro atoms. The van der Waals surface area contributed by atoms with Crippen LogP contribution in [0.3, 0.4) is 0 Å². The molecule has 6 heteroatoms. The number of carbonyl (C=O) groups is 2. The Morgan fingerprint density at radius 2 is 1.43 bits per heavy atom. The third kappa shape index (κ3) is 3.64. The maximum Gasteiger partial charge on any atom is 0.409 e. The van der Waals surface area contributed by atoms with Gasteiger partial charge in [-0.25, -0.2) is 9.59 Å². The van der Waals surface area contributed by atoms with Crippen molar-refractivity contribution in [3.63, 3.8) is 0 Å². The first-order chi connectivity index (χ1) is 6.58. The van der Waals surface area contributed by atoms with E-state index in [9.17, 15) is 9.59 Å². The fraction of sp³-hybridized carbons (Fsp3) is 0. The highest BCUT2D eigenvalue weighted by atomic mass is 35.5. The summed E-state index contributed by atoms with van der Waals surface area (Å²) in [5.74, 6) is 0.334. The summed E-state index contributed by atoms with van der Waals surface area (Å²) in [5, 5.41) is 0. The summed E-state index contributed by atoms with van der Waals surface area (Å²) >= 11 is 9.95. The molecule has 0 amide bonds. The summed E-state index contributed by atoms with van der Waals surface area (Å²) in [4.78, 5) is 20.7. The van der Waals surface area contributed by atoms with Gasteiger partial charge in [-0.1, -0.05) is 6.07 Å². The lowest BCUT2D eigenvalue weighted by atomic mass is 10.3. The van der Waals surface area contributed by atoms with E-state index in [0.29, 0.717) is 0 Å². The van der Waals surface area contributed by atoms with E-state index in [2.05, 4.69) is 9.47 Å². The molecule has 0 unspecified atom stereocenters. The standard InChI is InChI=1S/C8H4Cl2O4/c9-7(11)13-5-2-1-3-6(4-5)14-8(10)12/h1-4H. The van der Waals surface area contributed by atoms with Crippen molar-refractivity contribution in [2.75, 3.05) is 0 Å². The van der Waals surface area contributed by atoms with Gasteiger partial charge in [0.15, 0.2) is 0 Å². The van der Waals surface area contributed by atoms with Gasteiger partial charge < -0.3 is 9.47 Å². The van der Waals surface area contributed by atoms with Gasteiger partial charge in [-0.05, 0) is 12.1 Å². The van der Waals surface area contributed by atoms with Crippen LogP contribution in [0.5, 0.6) is 11.5 Å². The third-order valence-corrected chi connectivity index (χ3v) is 1.36. The Balaban J connectivity index is 2.78. The maximum atomic E-state index is 10.4. The minimum atomic E-state index is -0.973. The highest BCUT2D eigenvalue weighted by Crippen LogP contribution is 2.20. The quantitative estimate of drug-likeness (QED) is 0.738. The predicted molar refractivity (Wildman–Crippen MR) is 50.2 cm³/mol. The molecule has 0 heterocycles. The van der Waals surface area contributed by atoms with Crippen LogP contribution < -0.4 is 9.47 Å². The smallest absolute Gasteiger partial charge is 0.409 e. The molecular formula is C8H4Cl2O4. The van der Waals surface area contributed by atoms with E-state index in [4.69, 9.17) is 23.2 Å². The van der Waals surface area contributed by atoms with Crippen LogP contribution in [0.25, 0.3) is 0 Å². The molecule has 1 aromatic rings. The second-order valence-electron chi connectivity index (χ2n) is 2.15. The Bertz CT molecular complexity index is 333. The average molecular weight is 235 g/mol. The van der Waals surface area contributed by atoms with Gasteiger partial charge in [0, 0.05) is 29.3 Å². The molecule has 0 N–H and O–H groups in total. The van der Waals surface area contributed by atoms with Crippen molar-refractivity contribution in [1.29, 1.82) is 0 Å². The van der Waals surface area contributed by atoms with Crippen LogP contribution in [-0.2, 0) is 0 Å². The van der Waals surface area contributed by atoms with Gasteiger partial charge in [0.25, 0.3) is 0 Å². The highest BCUT2D eigenvalue weighted by Gasteiger charge is 2.04. The van der Waals surface area contributed by atoms with Gasteiger partial charge >= 0.3 is 10.9 Å². The Hall–Kier alpha value is -1.26. The van der Waals surface area contributed by atoms with Crippen LogP contribution in [0.1, 0.15) is 0 Å². The zero-order chi connectivity index (χ0) is 10.6. The number of hydrogen-bond acceptors (Lipinski definition) is 4. The summed E-state index contributed by atoms with van der Waals surface area (Å²) in [6, 6.07) is 5.78. The highest BCUT2D eigenvalue weighted by molar-refractivity contribution is 6.61. The largest absolute Gasteiger partial charge is 0.414 e. The van der Waals surface area contributed by atoms with Crippen LogP contribution in [0.15, 0.2) is 24.3 Å². The Labute approximate surface area is 89.3 Å². The van der Waals surface area contributed by atoms with Crippen molar-refractivity contribution in [2.45, 2.75) is 0 Å². The molecule has 1 rings (SSSR count). The van der Waals surface area contributed by atoms with E-state index in [1.54, 1.807) is 0 Å². The molecule has 0 atom stereocenters.